The molecule has 1 aromatic carbocycles. The van der Waals surface area contributed by atoms with Crippen molar-refractivity contribution < 1.29 is 17.6 Å². The van der Waals surface area contributed by atoms with Crippen molar-refractivity contribution in [3.63, 3.8) is 0 Å². The number of amides is 1. The second kappa shape index (κ2) is 8.24. The van der Waals surface area contributed by atoms with Crippen LogP contribution in [0.3, 0.4) is 0 Å². The lowest BCUT2D eigenvalue weighted by Gasteiger charge is -2.21. The molecule has 0 aliphatic heterocycles. The molecule has 1 rings (SSSR count). The highest BCUT2D eigenvalue weighted by Crippen LogP contribution is 2.09. The zero-order valence-electron chi connectivity index (χ0n) is 13.2. The summed E-state index contributed by atoms with van der Waals surface area (Å²) in [5.41, 5.74) is 0.626. The number of hydrogen-bond acceptors (Lipinski definition) is 3. The molecule has 22 heavy (non-hydrogen) atoms. The highest BCUT2D eigenvalue weighted by Gasteiger charge is 2.21. The van der Waals surface area contributed by atoms with Crippen molar-refractivity contribution in [1.29, 1.82) is 0 Å². The summed E-state index contributed by atoms with van der Waals surface area (Å²) < 4.78 is 37.6. The van der Waals surface area contributed by atoms with Crippen LogP contribution in [0.1, 0.15) is 32.3 Å². The van der Waals surface area contributed by atoms with Crippen LogP contribution in [0.5, 0.6) is 0 Å². The van der Waals surface area contributed by atoms with E-state index in [2.05, 4.69) is 5.32 Å². The average molecular weight is 330 g/mol. The van der Waals surface area contributed by atoms with Gasteiger partial charge in [-0.3, -0.25) is 4.79 Å². The van der Waals surface area contributed by atoms with E-state index in [4.69, 9.17) is 0 Å². The van der Waals surface area contributed by atoms with Crippen LogP contribution in [0.4, 0.5) is 4.39 Å². The van der Waals surface area contributed by atoms with Crippen molar-refractivity contribution in [2.24, 2.45) is 0 Å². The largest absolute Gasteiger partial charge is 0.353 e. The molecule has 124 valence electrons. The summed E-state index contributed by atoms with van der Waals surface area (Å²) in [5, 5.41) is 2.77. The fourth-order valence-corrected chi connectivity index (χ4v) is 2.81. The van der Waals surface area contributed by atoms with E-state index in [-0.39, 0.29) is 30.9 Å². The van der Waals surface area contributed by atoms with Gasteiger partial charge in [0.05, 0.1) is 12.8 Å². The van der Waals surface area contributed by atoms with Gasteiger partial charge >= 0.3 is 0 Å². The van der Waals surface area contributed by atoms with Crippen molar-refractivity contribution in [3.05, 3.63) is 35.6 Å². The molecule has 0 aliphatic carbocycles. The average Bonchev–Trinajstić information content (AvgIpc) is 2.39. The number of hydrogen-bond donors (Lipinski definition) is 1. The van der Waals surface area contributed by atoms with Crippen molar-refractivity contribution in [2.45, 2.75) is 39.3 Å². The summed E-state index contributed by atoms with van der Waals surface area (Å²) in [6.07, 6.45) is 2.83. The van der Waals surface area contributed by atoms with Crippen LogP contribution >= 0.6 is 0 Å². The Morgan fingerprint density at radius 2 is 1.91 bits per heavy atom. The SMILES string of the molecule is CCC[C@@H](C)NC(=O)CN(Cc1ccc(F)cc1)S(C)(=O)=O. The van der Waals surface area contributed by atoms with Gasteiger partial charge in [-0.2, -0.15) is 4.31 Å². The zero-order valence-corrected chi connectivity index (χ0v) is 14.0. The fourth-order valence-electron chi connectivity index (χ4n) is 2.07. The third-order valence-electron chi connectivity index (χ3n) is 3.19. The van der Waals surface area contributed by atoms with Gasteiger partial charge in [0.1, 0.15) is 5.82 Å². The third kappa shape index (κ3) is 6.53. The van der Waals surface area contributed by atoms with Crippen LogP contribution in [0.25, 0.3) is 0 Å². The van der Waals surface area contributed by atoms with Crippen LogP contribution in [-0.2, 0) is 21.4 Å². The van der Waals surface area contributed by atoms with E-state index in [9.17, 15) is 17.6 Å². The molecule has 0 radical (unpaired) electrons. The first-order valence-electron chi connectivity index (χ1n) is 7.21. The minimum absolute atomic E-state index is 0.00438. The van der Waals surface area contributed by atoms with Gasteiger partial charge in [-0.05, 0) is 31.0 Å². The number of carbonyl (C=O) groups is 1. The summed E-state index contributed by atoms with van der Waals surface area (Å²) in [7, 11) is -3.54. The molecule has 5 nitrogen and oxygen atoms in total. The molecule has 0 fully saturated rings. The Kier molecular flexibility index (Phi) is 6.96. The Morgan fingerprint density at radius 3 is 2.41 bits per heavy atom. The van der Waals surface area contributed by atoms with Gasteiger partial charge in [0.15, 0.2) is 0 Å². The maximum absolute atomic E-state index is 12.9. The Labute approximate surface area is 131 Å². The molecule has 0 aliphatic rings. The quantitative estimate of drug-likeness (QED) is 0.791. The van der Waals surface area contributed by atoms with Crippen molar-refractivity contribution in [2.75, 3.05) is 12.8 Å². The second-order valence-corrected chi connectivity index (χ2v) is 7.40. The lowest BCUT2D eigenvalue weighted by Crippen LogP contribution is -2.42. The first-order chi connectivity index (χ1) is 10.2. The van der Waals surface area contributed by atoms with E-state index < -0.39 is 10.0 Å². The molecule has 1 aromatic rings. The van der Waals surface area contributed by atoms with E-state index >= 15 is 0 Å². The first-order valence-corrected chi connectivity index (χ1v) is 9.06. The number of nitrogens with one attached hydrogen (secondary N) is 1. The van der Waals surface area contributed by atoms with Crippen molar-refractivity contribution in [3.8, 4) is 0 Å². The van der Waals surface area contributed by atoms with Crippen LogP contribution < -0.4 is 5.32 Å². The summed E-state index contributed by atoms with van der Waals surface area (Å²) in [6.45, 7) is 3.69. The molecule has 0 saturated carbocycles. The number of nitrogens with zero attached hydrogens (tertiary/aromatic N) is 1. The minimum Gasteiger partial charge on any atom is -0.353 e. The maximum Gasteiger partial charge on any atom is 0.235 e. The first kappa shape index (κ1) is 18.6. The van der Waals surface area contributed by atoms with Crippen molar-refractivity contribution in [1.82, 2.24) is 9.62 Å². The Balaban J connectivity index is 2.73. The summed E-state index contributed by atoms with van der Waals surface area (Å²) in [6, 6.07) is 5.54. The molecular weight excluding hydrogens is 307 g/mol. The normalized spacial score (nSPS) is 13.1. The highest BCUT2D eigenvalue weighted by molar-refractivity contribution is 7.88. The minimum atomic E-state index is -3.54. The smallest absolute Gasteiger partial charge is 0.235 e. The number of carbonyl (C=O) groups excluding carboxylic acids is 1. The molecule has 0 spiro atoms. The van der Waals surface area contributed by atoms with Crippen LogP contribution in [0.2, 0.25) is 0 Å². The predicted molar refractivity (Wildman–Crippen MR) is 84.2 cm³/mol. The zero-order chi connectivity index (χ0) is 16.8. The molecule has 1 atom stereocenters. The monoisotopic (exact) mass is 330 g/mol. The van der Waals surface area contributed by atoms with E-state index in [1.165, 1.54) is 24.3 Å². The third-order valence-corrected chi connectivity index (χ3v) is 4.39. The van der Waals surface area contributed by atoms with Gasteiger partial charge in [-0.25, -0.2) is 12.8 Å². The molecule has 0 unspecified atom stereocenters. The summed E-state index contributed by atoms with van der Waals surface area (Å²) in [5.74, 6) is -0.728. The number of halogens is 1. The molecule has 7 heteroatoms. The topological polar surface area (TPSA) is 66.5 Å². The Bertz CT molecular complexity index is 587. The van der Waals surface area contributed by atoms with E-state index in [1.807, 2.05) is 13.8 Å². The molecule has 1 amide bonds. The molecule has 0 saturated heterocycles. The van der Waals surface area contributed by atoms with Gasteiger partial charge in [0.2, 0.25) is 15.9 Å². The fraction of sp³-hybridized carbons (Fsp3) is 0.533. The van der Waals surface area contributed by atoms with Gasteiger partial charge in [0.25, 0.3) is 0 Å². The van der Waals surface area contributed by atoms with Gasteiger partial charge in [0, 0.05) is 12.6 Å². The van der Waals surface area contributed by atoms with Crippen LogP contribution in [0.15, 0.2) is 24.3 Å². The Morgan fingerprint density at radius 1 is 1.32 bits per heavy atom. The summed E-state index contributed by atoms with van der Waals surface area (Å²) in [4.78, 5) is 12.0. The lowest BCUT2D eigenvalue weighted by atomic mass is 10.2. The predicted octanol–water partition coefficient (Wildman–Crippen LogP) is 1.89. The molecule has 1 N–H and O–H groups in total. The number of rotatable bonds is 8. The van der Waals surface area contributed by atoms with Crippen LogP contribution in [-0.4, -0.2) is 37.5 Å². The number of sulfonamides is 1. The van der Waals surface area contributed by atoms with Gasteiger partial charge in [-0.15, -0.1) is 0 Å². The molecular formula is C15H23FN2O3S. The summed E-state index contributed by atoms with van der Waals surface area (Å²) >= 11 is 0. The molecule has 0 aromatic heterocycles. The van der Waals surface area contributed by atoms with Crippen molar-refractivity contribution >= 4 is 15.9 Å². The van der Waals surface area contributed by atoms with Gasteiger partial charge < -0.3 is 5.32 Å². The molecule has 0 bridgehead atoms. The van der Waals surface area contributed by atoms with Gasteiger partial charge in [-0.1, -0.05) is 25.5 Å². The second-order valence-electron chi connectivity index (χ2n) is 5.41. The lowest BCUT2D eigenvalue weighted by molar-refractivity contribution is -0.122. The standard InChI is InChI=1S/C15H23FN2O3S/c1-4-5-12(2)17-15(19)11-18(22(3,20)21)10-13-6-8-14(16)9-7-13/h6-9,12H,4-5,10-11H2,1-3H3,(H,17,19)/t12-/m1/s1. The molecule has 0 heterocycles. The highest BCUT2D eigenvalue weighted by atomic mass is 32.2. The maximum atomic E-state index is 12.9. The van der Waals surface area contributed by atoms with E-state index in [0.717, 1.165) is 23.4 Å². The van der Waals surface area contributed by atoms with Crippen LogP contribution in [0, 0.1) is 5.82 Å². The Hall–Kier alpha value is -1.47. The number of benzene rings is 1. The van der Waals surface area contributed by atoms with E-state index in [0.29, 0.717) is 5.56 Å². The van der Waals surface area contributed by atoms with E-state index in [1.54, 1.807) is 0 Å².